The Bertz CT molecular complexity index is 866. The van der Waals surface area contributed by atoms with Crippen molar-refractivity contribution in [3.63, 3.8) is 0 Å². The predicted octanol–water partition coefficient (Wildman–Crippen LogP) is 4.46. The van der Waals surface area contributed by atoms with E-state index in [4.69, 9.17) is 4.74 Å². The zero-order chi connectivity index (χ0) is 15.9. The van der Waals surface area contributed by atoms with Crippen molar-refractivity contribution >= 4 is 5.97 Å². The number of fused-ring (bicyclic) bond motifs is 1. The van der Waals surface area contributed by atoms with Gasteiger partial charge in [0.05, 0.1) is 5.56 Å². The van der Waals surface area contributed by atoms with E-state index in [0.29, 0.717) is 5.56 Å². The zero-order valence-electron chi connectivity index (χ0n) is 12.8. The van der Waals surface area contributed by atoms with Gasteiger partial charge in [0.1, 0.15) is 0 Å². The lowest BCUT2D eigenvalue weighted by Crippen LogP contribution is -2.29. The number of cyclic esters (lactones) is 1. The average Bonchev–Trinajstić information content (AvgIpc) is 2.91. The highest BCUT2D eigenvalue weighted by molar-refractivity contribution is 5.96. The molecule has 3 aromatic carbocycles. The topological polar surface area (TPSA) is 26.3 Å². The lowest BCUT2D eigenvalue weighted by Gasteiger charge is -2.30. The fourth-order valence-corrected chi connectivity index (χ4v) is 3.27. The molecule has 23 heavy (non-hydrogen) atoms. The van der Waals surface area contributed by atoms with Crippen LogP contribution in [-0.2, 0) is 10.3 Å². The standard InChI is InChI=1S/C21H16O2/c1-15-11-13-17(14-12-15)21(16-7-3-2-4-8-16)19-10-6-5-9-18(19)20(22)23-21/h2-14H,1H3/t21-/m0/s1. The monoisotopic (exact) mass is 300 g/mol. The number of benzene rings is 3. The number of hydrogen-bond donors (Lipinski definition) is 0. The molecule has 0 saturated heterocycles. The lowest BCUT2D eigenvalue weighted by atomic mass is 9.80. The van der Waals surface area contributed by atoms with Crippen LogP contribution in [0, 0.1) is 6.92 Å². The lowest BCUT2D eigenvalue weighted by molar-refractivity contribution is 0.0251. The largest absolute Gasteiger partial charge is 0.441 e. The molecule has 3 aromatic rings. The van der Waals surface area contributed by atoms with Crippen molar-refractivity contribution in [2.45, 2.75) is 12.5 Å². The van der Waals surface area contributed by atoms with Gasteiger partial charge in [0.15, 0.2) is 5.60 Å². The molecule has 0 aliphatic carbocycles. The van der Waals surface area contributed by atoms with E-state index in [2.05, 4.69) is 12.1 Å². The van der Waals surface area contributed by atoms with Gasteiger partial charge in [-0.2, -0.15) is 0 Å². The van der Waals surface area contributed by atoms with Crippen LogP contribution >= 0.6 is 0 Å². The zero-order valence-corrected chi connectivity index (χ0v) is 12.8. The number of rotatable bonds is 2. The number of esters is 1. The third-order valence-electron chi connectivity index (χ3n) is 4.41. The maximum absolute atomic E-state index is 12.5. The van der Waals surface area contributed by atoms with Crippen molar-refractivity contribution in [1.82, 2.24) is 0 Å². The summed E-state index contributed by atoms with van der Waals surface area (Å²) in [6.07, 6.45) is 0. The third kappa shape index (κ3) is 1.99. The van der Waals surface area contributed by atoms with E-state index in [9.17, 15) is 4.79 Å². The summed E-state index contributed by atoms with van der Waals surface area (Å²) in [5, 5.41) is 0. The van der Waals surface area contributed by atoms with Crippen LogP contribution < -0.4 is 0 Å². The van der Waals surface area contributed by atoms with E-state index in [1.165, 1.54) is 5.56 Å². The second-order valence-electron chi connectivity index (χ2n) is 5.85. The van der Waals surface area contributed by atoms with Crippen molar-refractivity contribution in [3.8, 4) is 0 Å². The molecule has 1 aliphatic rings. The van der Waals surface area contributed by atoms with Crippen molar-refractivity contribution in [1.29, 1.82) is 0 Å². The van der Waals surface area contributed by atoms with Crippen LogP contribution in [-0.4, -0.2) is 5.97 Å². The number of ether oxygens (including phenoxy) is 1. The third-order valence-corrected chi connectivity index (χ3v) is 4.41. The van der Waals surface area contributed by atoms with Crippen LogP contribution in [0.2, 0.25) is 0 Å². The smallest absolute Gasteiger partial charge is 0.340 e. The minimum Gasteiger partial charge on any atom is -0.441 e. The average molecular weight is 300 g/mol. The number of carbonyl (C=O) groups is 1. The summed E-state index contributed by atoms with van der Waals surface area (Å²) in [6.45, 7) is 2.05. The SMILES string of the molecule is Cc1ccc([C@]2(c3ccccc3)OC(=O)c3ccccc32)cc1. The quantitative estimate of drug-likeness (QED) is 0.653. The molecule has 0 spiro atoms. The van der Waals surface area contributed by atoms with Crippen LogP contribution in [0.3, 0.4) is 0 Å². The first-order valence-corrected chi connectivity index (χ1v) is 7.67. The van der Waals surface area contributed by atoms with E-state index in [1.807, 2.05) is 73.7 Å². The summed E-state index contributed by atoms with van der Waals surface area (Å²) in [5.41, 5.74) is 3.77. The number of aryl methyl sites for hydroxylation is 1. The van der Waals surface area contributed by atoms with Gasteiger partial charge >= 0.3 is 5.97 Å². The van der Waals surface area contributed by atoms with Crippen LogP contribution in [0.4, 0.5) is 0 Å². The van der Waals surface area contributed by atoms with Crippen LogP contribution in [0.15, 0.2) is 78.9 Å². The van der Waals surface area contributed by atoms with Gasteiger partial charge in [0, 0.05) is 16.7 Å². The van der Waals surface area contributed by atoms with Crippen LogP contribution in [0.25, 0.3) is 0 Å². The first-order valence-electron chi connectivity index (χ1n) is 7.67. The van der Waals surface area contributed by atoms with Gasteiger partial charge in [0.2, 0.25) is 0 Å². The highest BCUT2D eigenvalue weighted by Gasteiger charge is 2.48. The molecular formula is C21H16O2. The Morgan fingerprint density at radius 1 is 0.739 bits per heavy atom. The number of carbonyl (C=O) groups excluding carboxylic acids is 1. The second-order valence-corrected chi connectivity index (χ2v) is 5.85. The van der Waals surface area contributed by atoms with Gasteiger partial charge in [-0.3, -0.25) is 0 Å². The summed E-state index contributed by atoms with van der Waals surface area (Å²) < 4.78 is 5.99. The Morgan fingerprint density at radius 2 is 1.35 bits per heavy atom. The maximum atomic E-state index is 12.5. The van der Waals surface area contributed by atoms with E-state index in [-0.39, 0.29) is 5.97 Å². The summed E-state index contributed by atoms with van der Waals surface area (Å²) in [6, 6.07) is 25.7. The molecule has 1 heterocycles. The molecule has 0 radical (unpaired) electrons. The van der Waals surface area contributed by atoms with E-state index < -0.39 is 5.60 Å². The molecule has 0 amide bonds. The molecule has 0 bridgehead atoms. The fourth-order valence-electron chi connectivity index (χ4n) is 3.27. The van der Waals surface area contributed by atoms with Crippen LogP contribution in [0.1, 0.15) is 32.6 Å². The first-order chi connectivity index (χ1) is 11.2. The highest BCUT2D eigenvalue weighted by Crippen LogP contribution is 2.46. The van der Waals surface area contributed by atoms with Gasteiger partial charge in [0.25, 0.3) is 0 Å². The fraction of sp³-hybridized carbons (Fsp3) is 0.0952. The van der Waals surface area contributed by atoms with Gasteiger partial charge in [-0.25, -0.2) is 4.79 Å². The molecule has 0 aromatic heterocycles. The molecule has 0 saturated carbocycles. The number of hydrogen-bond acceptors (Lipinski definition) is 2. The normalized spacial score (nSPS) is 19.3. The van der Waals surface area contributed by atoms with Gasteiger partial charge in [-0.05, 0) is 13.0 Å². The summed E-state index contributed by atoms with van der Waals surface area (Å²) in [7, 11) is 0. The minimum atomic E-state index is -0.872. The molecule has 1 atom stereocenters. The van der Waals surface area contributed by atoms with Crippen molar-refractivity contribution in [3.05, 3.63) is 107 Å². The Morgan fingerprint density at radius 3 is 2.09 bits per heavy atom. The van der Waals surface area contributed by atoms with E-state index >= 15 is 0 Å². The highest BCUT2D eigenvalue weighted by atomic mass is 16.6. The van der Waals surface area contributed by atoms with Crippen molar-refractivity contribution in [2.24, 2.45) is 0 Å². The van der Waals surface area contributed by atoms with Gasteiger partial charge in [-0.15, -0.1) is 0 Å². The second kappa shape index (κ2) is 5.10. The van der Waals surface area contributed by atoms with Crippen molar-refractivity contribution < 1.29 is 9.53 Å². The summed E-state index contributed by atoms with van der Waals surface area (Å²) in [4.78, 5) is 12.5. The Hall–Kier alpha value is -2.87. The summed E-state index contributed by atoms with van der Waals surface area (Å²) in [5.74, 6) is -0.273. The minimum absolute atomic E-state index is 0.273. The predicted molar refractivity (Wildman–Crippen MR) is 89.4 cm³/mol. The van der Waals surface area contributed by atoms with E-state index in [0.717, 1.165) is 16.7 Å². The molecule has 4 rings (SSSR count). The molecule has 0 N–H and O–H groups in total. The molecule has 2 heteroatoms. The maximum Gasteiger partial charge on any atom is 0.340 e. The Kier molecular flexibility index (Phi) is 3.05. The molecular weight excluding hydrogens is 284 g/mol. The van der Waals surface area contributed by atoms with E-state index in [1.54, 1.807) is 0 Å². The van der Waals surface area contributed by atoms with Crippen LogP contribution in [0.5, 0.6) is 0 Å². The molecule has 0 fully saturated rings. The molecule has 1 aliphatic heterocycles. The molecule has 112 valence electrons. The molecule has 2 nitrogen and oxygen atoms in total. The summed E-state index contributed by atoms with van der Waals surface area (Å²) >= 11 is 0. The Labute approximate surface area is 135 Å². The first kappa shape index (κ1) is 13.8. The van der Waals surface area contributed by atoms with Gasteiger partial charge in [-0.1, -0.05) is 78.4 Å². The molecule has 0 unspecified atom stereocenters. The van der Waals surface area contributed by atoms with Crippen molar-refractivity contribution in [2.75, 3.05) is 0 Å². The Balaban J connectivity index is 2.04. The van der Waals surface area contributed by atoms with Gasteiger partial charge < -0.3 is 4.74 Å².